The molecular weight excluding hydrogens is 701 g/mol. The van der Waals surface area contributed by atoms with E-state index in [0.717, 1.165) is 109 Å². The molecule has 0 unspecified atom stereocenters. The molecule has 4 fully saturated rings. The molecule has 8 nitrogen and oxygen atoms in total. The summed E-state index contributed by atoms with van der Waals surface area (Å²) in [7, 11) is 0. The fraction of sp³-hybridized carbons (Fsp3) is 0.875. The predicted molar refractivity (Wildman–Crippen MR) is 224 cm³/mol. The van der Waals surface area contributed by atoms with Crippen LogP contribution < -0.4 is 10.6 Å². The van der Waals surface area contributed by atoms with Gasteiger partial charge in [-0.1, -0.05) is 112 Å². The first-order valence-electron chi connectivity index (χ1n) is 22.8. The Morgan fingerprint density at radius 3 is 2.05 bits per heavy atom. The molecule has 318 valence electrons. The SMILES string of the molecule is CC(=O)O[C@H]1CC[C@]2(C)[C@H]3CC=C4[C@@H]5CC(C)(C)CC[C@]5(C(=O)NCCCCCCCCCCC(=O)N[C@H](C(=O)O)C(C)C)CC[C@@]4(C)[C@]3(C)CC[C@H]2C1(C)C. The summed E-state index contributed by atoms with van der Waals surface area (Å²) in [5.74, 6) is 0.255. The maximum Gasteiger partial charge on any atom is 0.326 e. The van der Waals surface area contributed by atoms with Crippen LogP contribution in [-0.4, -0.2) is 47.6 Å². The molecule has 5 rings (SSSR count). The molecule has 0 bridgehead atoms. The van der Waals surface area contributed by atoms with Gasteiger partial charge in [-0.05, 0) is 122 Å². The van der Waals surface area contributed by atoms with Crippen LogP contribution in [0.1, 0.15) is 191 Å². The second-order valence-corrected chi connectivity index (χ2v) is 21.8. The minimum Gasteiger partial charge on any atom is -0.480 e. The van der Waals surface area contributed by atoms with Crippen LogP contribution in [-0.2, 0) is 23.9 Å². The molecule has 9 atom stereocenters. The van der Waals surface area contributed by atoms with Gasteiger partial charge < -0.3 is 20.5 Å². The molecule has 3 N–H and O–H groups in total. The Morgan fingerprint density at radius 1 is 0.804 bits per heavy atom. The summed E-state index contributed by atoms with van der Waals surface area (Å²) in [4.78, 5) is 50.1. The molecule has 2 amide bonds. The van der Waals surface area contributed by atoms with Crippen LogP contribution in [0.2, 0.25) is 0 Å². The van der Waals surface area contributed by atoms with Crippen LogP contribution in [0.4, 0.5) is 0 Å². The average molecular weight is 781 g/mol. The minimum absolute atomic E-state index is 0.0124. The van der Waals surface area contributed by atoms with Crippen molar-refractivity contribution in [2.75, 3.05) is 6.54 Å². The van der Waals surface area contributed by atoms with Gasteiger partial charge in [-0.3, -0.25) is 14.4 Å². The maximum absolute atomic E-state index is 14.5. The van der Waals surface area contributed by atoms with E-state index in [2.05, 4.69) is 65.2 Å². The van der Waals surface area contributed by atoms with Crippen LogP contribution in [0.25, 0.3) is 0 Å². The van der Waals surface area contributed by atoms with E-state index < -0.39 is 12.0 Å². The number of fused-ring (bicyclic) bond motifs is 7. The van der Waals surface area contributed by atoms with Crippen molar-refractivity contribution in [1.82, 2.24) is 10.6 Å². The fourth-order valence-electron chi connectivity index (χ4n) is 13.6. The van der Waals surface area contributed by atoms with Gasteiger partial charge in [0.15, 0.2) is 0 Å². The van der Waals surface area contributed by atoms with E-state index in [9.17, 15) is 24.3 Å². The van der Waals surface area contributed by atoms with Crippen LogP contribution in [0, 0.1) is 56.2 Å². The highest BCUT2D eigenvalue weighted by Gasteiger charge is 2.69. The van der Waals surface area contributed by atoms with E-state index in [1.807, 2.05) is 0 Å². The molecule has 5 aliphatic rings. The lowest BCUT2D eigenvalue weighted by atomic mass is 9.33. The minimum atomic E-state index is -0.976. The number of amides is 2. The largest absolute Gasteiger partial charge is 0.480 e. The van der Waals surface area contributed by atoms with Gasteiger partial charge in [-0.2, -0.15) is 0 Å². The molecule has 5 aliphatic carbocycles. The molecule has 0 heterocycles. The zero-order chi connectivity index (χ0) is 41.3. The molecular formula is C48H80N2O6. The lowest BCUT2D eigenvalue weighted by Gasteiger charge is -2.71. The van der Waals surface area contributed by atoms with Gasteiger partial charge in [-0.15, -0.1) is 0 Å². The number of carbonyl (C=O) groups excluding carboxylic acids is 3. The normalized spacial score (nSPS) is 36.1. The monoisotopic (exact) mass is 781 g/mol. The smallest absolute Gasteiger partial charge is 0.326 e. The van der Waals surface area contributed by atoms with Crippen molar-refractivity contribution in [3.8, 4) is 0 Å². The Balaban J connectivity index is 1.14. The number of rotatable bonds is 16. The first kappa shape index (κ1) is 44.7. The van der Waals surface area contributed by atoms with Gasteiger partial charge in [0.05, 0.1) is 5.41 Å². The quantitative estimate of drug-likeness (QED) is 0.0814. The van der Waals surface area contributed by atoms with Crippen LogP contribution in [0.3, 0.4) is 0 Å². The predicted octanol–water partition coefficient (Wildman–Crippen LogP) is 10.6. The molecule has 0 saturated heterocycles. The van der Waals surface area contributed by atoms with E-state index in [0.29, 0.717) is 30.1 Å². The standard InChI is InChI=1S/C48H80N2O6/c1-32(2)40(41(53)54)50-39(52)19-17-15-13-11-12-14-16-18-30-49-42(55)48-28-26-43(4,5)31-35(48)34-20-21-37-45(8)24-23-38(56-33(3)51)44(6,7)36(45)22-25-47(37,10)46(34,9)27-29-48/h20,32,35-38,40H,11-19,21-31H2,1-10H3,(H,49,55)(H,50,52)(H,53,54)/t35-,36-,37+,38-,40-,45-,46+,47+,48-/m0/s1. The number of allylic oxidation sites excluding steroid dienone is 2. The lowest BCUT2D eigenvalue weighted by Crippen LogP contribution is -2.65. The van der Waals surface area contributed by atoms with Gasteiger partial charge in [-0.25, -0.2) is 4.79 Å². The summed E-state index contributed by atoms with van der Waals surface area (Å²) in [6, 6.07) is -0.821. The van der Waals surface area contributed by atoms with Gasteiger partial charge in [0.1, 0.15) is 12.1 Å². The highest BCUT2D eigenvalue weighted by Crippen LogP contribution is 2.76. The van der Waals surface area contributed by atoms with E-state index in [1.165, 1.54) is 12.8 Å². The van der Waals surface area contributed by atoms with Crippen molar-refractivity contribution in [3.63, 3.8) is 0 Å². The van der Waals surface area contributed by atoms with Crippen LogP contribution in [0.15, 0.2) is 11.6 Å². The lowest BCUT2D eigenvalue weighted by molar-refractivity contribution is -0.212. The van der Waals surface area contributed by atoms with Crippen molar-refractivity contribution < 1.29 is 29.0 Å². The number of hydrogen-bond acceptors (Lipinski definition) is 5. The van der Waals surface area contributed by atoms with Crippen LogP contribution >= 0.6 is 0 Å². The average Bonchev–Trinajstić information content (AvgIpc) is 3.10. The summed E-state index contributed by atoms with van der Waals surface area (Å²) in [5, 5.41) is 15.4. The van der Waals surface area contributed by atoms with Gasteiger partial charge in [0, 0.05) is 25.3 Å². The number of carboxylic acid groups (broad SMARTS) is 1. The fourth-order valence-corrected chi connectivity index (χ4v) is 13.6. The zero-order valence-corrected chi connectivity index (χ0v) is 37.2. The van der Waals surface area contributed by atoms with E-state index >= 15 is 0 Å². The Bertz CT molecular complexity index is 1480. The number of aliphatic carboxylic acids is 1. The summed E-state index contributed by atoms with van der Waals surface area (Å²) in [6.45, 7) is 23.3. The third-order valence-electron chi connectivity index (χ3n) is 17.2. The van der Waals surface area contributed by atoms with Crippen molar-refractivity contribution in [3.05, 3.63) is 11.6 Å². The number of esters is 1. The number of carbonyl (C=O) groups is 4. The third-order valence-corrected chi connectivity index (χ3v) is 17.2. The first-order valence-corrected chi connectivity index (χ1v) is 22.8. The third kappa shape index (κ3) is 8.52. The molecule has 0 spiro atoms. The number of ether oxygens (including phenoxy) is 1. The summed E-state index contributed by atoms with van der Waals surface area (Å²) < 4.78 is 5.96. The molecule has 0 radical (unpaired) electrons. The Morgan fingerprint density at radius 2 is 1.43 bits per heavy atom. The highest BCUT2D eigenvalue weighted by molar-refractivity contribution is 5.84. The van der Waals surface area contributed by atoms with E-state index in [1.54, 1.807) is 26.3 Å². The molecule has 8 heteroatoms. The first-order chi connectivity index (χ1) is 26.1. The second-order valence-electron chi connectivity index (χ2n) is 21.8. The van der Waals surface area contributed by atoms with E-state index in [-0.39, 0.29) is 56.4 Å². The van der Waals surface area contributed by atoms with Crippen molar-refractivity contribution in [2.45, 2.75) is 203 Å². The molecule has 0 aromatic rings. The van der Waals surface area contributed by atoms with Gasteiger partial charge >= 0.3 is 11.9 Å². The van der Waals surface area contributed by atoms with Gasteiger partial charge in [0.2, 0.25) is 11.8 Å². The number of nitrogens with one attached hydrogen (secondary N) is 2. The highest BCUT2D eigenvalue weighted by atomic mass is 16.5. The Labute approximate surface area is 340 Å². The van der Waals surface area contributed by atoms with E-state index in [4.69, 9.17) is 4.74 Å². The van der Waals surface area contributed by atoms with Crippen LogP contribution in [0.5, 0.6) is 0 Å². The van der Waals surface area contributed by atoms with Crippen molar-refractivity contribution in [2.24, 2.45) is 56.2 Å². The van der Waals surface area contributed by atoms with Crippen molar-refractivity contribution >= 4 is 23.8 Å². The molecule has 4 saturated carbocycles. The number of hydrogen-bond donors (Lipinski definition) is 3. The summed E-state index contributed by atoms with van der Waals surface area (Å²) >= 11 is 0. The summed E-state index contributed by atoms with van der Waals surface area (Å²) in [6.07, 6.45) is 22.2. The van der Waals surface area contributed by atoms with Crippen molar-refractivity contribution in [1.29, 1.82) is 0 Å². The second kappa shape index (κ2) is 17.1. The topological polar surface area (TPSA) is 122 Å². The van der Waals surface area contributed by atoms with Gasteiger partial charge in [0.25, 0.3) is 0 Å². The zero-order valence-electron chi connectivity index (χ0n) is 37.2. The molecule has 0 aliphatic heterocycles. The maximum atomic E-state index is 14.5. The molecule has 0 aromatic carbocycles. The molecule has 56 heavy (non-hydrogen) atoms. The Hall–Kier alpha value is -2.38. The summed E-state index contributed by atoms with van der Waals surface area (Å²) in [5.41, 5.74) is 1.91. The molecule has 0 aromatic heterocycles. The number of unbranched alkanes of at least 4 members (excludes halogenated alkanes) is 7. The Kier molecular flexibility index (Phi) is 13.6. The number of carboxylic acids is 1.